The molecule has 2 rings (SSSR count). The summed E-state index contributed by atoms with van der Waals surface area (Å²) in [6.07, 6.45) is 2.13. The largest absolute Gasteiger partial charge is 0.361 e. The van der Waals surface area contributed by atoms with Crippen LogP contribution in [0.25, 0.3) is 10.9 Å². The predicted molar refractivity (Wildman–Crippen MR) is 64.9 cm³/mol. The van der Waals surface area contributed by atoms with Gasteiger partial charge in [-0.1, -0.05) is 18.6 Å². The molecule has 14 heavy (non-hydrogen) atoms. The zero-order valence-corrected chi connectivity index (χ0v) is 9.45. The highest BCUT2D eigenvalue weighted by Crippen LogP contribution is 2.23. The van der Waals surface area contributed by atoms with Crippen molar-refractivity contribution in [3.8, 4) is 0 Å². The Morgan fingerprint density at radius 2 is 2.21 bits per heavy atom. The zero-order valence-electron chi connectivity index (χ0n) is 8.63. The summed E-state index contributed by atoms with van der Waals surface area (Å²) in [5.74, 6) is 2.29. The normalized spacial score (nSPS) is 11.0. The maximum atomic E-state index is 3.31. The molecule has 0 unspecified atom stereocenters. The molecule has 0 aliphatic rings. The number of aromatic nitrogens is 1. The van der Waals surface area contributed by atoms with Gasteiger partial charge < -0.3 is 4.98 Å². The lowest BCUT2D eigenvalue weighted by atomic mass is 10.1. The average molecular weight is 205 g/mol. The molecule has 0 bridgehead atoms. The van der Waals surface area contributed by atoms with Crippen molar-refractivity contribution < 1.29 is 0 Å². The Morgan fingerprint density at radius 1 is 1.36 bits per heavy atom. The van der Waals surface area contributed by atoms with Gasteiger partial charge in [0, 0.05) is 22.9 Å². The molecule has 0 radical (unpaired) electrons. The molecule has 0 aliphatic carbocycles. The lowest BCUT2D eigenvalue weighted by Crippen LogP contribution is -1.79. The first-order valence-corrected chi connectivity index (χ1v) is 6.11. The van der Waals surface area contributed by atoms with Gasteiger partial charge in [0.1, 0.15) is 0 Å². The van der Waals surface area contributed by atoms with Crippen LogP contribution in [-0.4, -0.2) is 10.7 Å². The van der Waals surface area contributed by atoms with E-state index in [2.05, 4.69) is 43.2 Å². The minimum Gasteiger partial charge on any atom is -0.361 e. The van der Waals surface area contributed by atoms with Crippen LogP contribution in [0.15, 0.2) is 24.4 Å². The van der Waals surface area contributed by atoms with Crippen LogP contribution in [0, 0.1) is 6.92 Å². The van der Waals surface area contributed by atoms with Crippen molar-refractivity contribution in [1.29, 1.82) is 0 Å². The van der Waals surface area contributed by atoms with Gasteiger partial charge in [-0.3, -0.25) is 0 Å². The molecule has 0 atom stereocenters. The second-order valence-corrected chi connectivity index (χ2v) is 4.77. The van der Waals surface area contributed by atoms with Crippen LogP contribution in [0.4, 0.5) is 0 Å². The highest BCUT2D eigenvalue weighted by Gasteiger charge is 2.02. The van der Waals surface area contributed by atoms with E-state index < -0.39 is 0 Å². The molecule has 0 amide bonds. The van der Waals surface area contributed by atoms with Crippen molar-refractivity contribution in [2.45, 2.75) is 19.6 Å². The number of fused-ring (bicyclic) bond motifs is 1. The van der Waals surface area contributed by atoms with Crippen molar-refractivity contribution in [2.75, 3.05) is 5.75 Å². The van der Waals surface area contributed by atoms with E-state index in [0.717, 1.165) is 5.75 Å². The first-order valence-electron chi connectivity index (χ1n) is 4.95. The maximum absolute atomic E-state index is 3.31. The van der Waals surface area contributed by atoms with Gasteiger partial charge in [-0.15, -0.1) is 0 Å². The summed E-state index contributed by atoms with van der Waals surface area (Å²) < 4.78 is 0. The molecule has 1 heterocycles. The Morgan fingerprint density at radius 3 is 3.00 bits per heavy atom. The molecule has 2 aromatic rings. The number of thioether (sulfide) groups is 1. The molecule has 1 nitrogen and oxygen atoms in total. The van der Waals surface area contributed by atoms with E-state index in [1.807, 2.05) is 11.8 Å². The highest BCUT2D eigenvalue weighted by molar-refractivity contribution is 7.98. The minimum absolute atomic E-state index is 1.11. The SMILES string of the molecule is CCSCc1c[nH]c2ccc(C)cc12. The van der Waals surface area contributed by atoms with Crippen molar-refractivity contribution in [1.82, 2.24) is 4.98 Å². The third-order valence-corrected chi connectivity index (χ3v) is 3.31. The lowest BCUT2D eigenvalue weighted by Gasteiger charge is -1.98. The van der Waals surface area contributed by atoms with E-state index in [1.54, 1.807) is 0 Å². The van der Waals surface area contributed by atoms with Crippen LogP contribution in [0.1, 0.15) is 18.1 Å². The van der Waals surface area contributed by atoms with Crippen molar-refractivity contribution in [2.24, 2.45) is 0 Å². The van der Waals surface area contributed by atoms with Gasteiger partial charge in [0.05, 0.1) is 0 Å². The number of hydrogen-bond acceptors (Lipinski definition) is 1. The van der Waals surface area contributed by atoms with Crippen molar-refractivity contribution in [3.63, 3.8) is 0 Å². The number of nitrogens with one attached hydrogen (secondary N) is 1. The first-order chi connectivity index (χ1) is 6.81. The fraction of sp³-hybridized carbons (Fsp3) is 0.333. The summed E-state index contributed by atoms with van der Waals surface area (Å²) in [5, 5.41) is 1.38. The smallest absolute Gasteiger partial charge is 0.0457 e. The molecule has 1 N–H and O–H groups in total. The summed E-state index contributed by atoms with van der Waals surface area (Å²) in [5.41, 5.74) is 4.01. The summed E-state index contributed by atoms with van der Waals surface area (Å²) in [7, 11) is 0. The van der Waals surface area contributed by atoms with E-state index in [9.17, 15) is 0 Å². The van der Waals surface area contributed by atoms with Gasteiger partial charge in [-0.2, -0.15) is 11.8 Å². The topological polar surface area (TPSA) is 15.8 Å². The van der Waals surface area contributed by atoms with Gasteiger partial charge in [0.15, 0.2) is 0 Å². The van der Waals surface area contributed by atoms with E-state index in [4.69, 9.17) is 0 Å². The lowest BCUT2D eigenvalue weighted by molar-refractivity contribution is 1.39. The molecular weight excluding hydrogens is 190 g/mol. The quantitative estimate of drug-likeness (QED) is 0.807. The molecular formula is C12H15NS. The summed E-state index contributed by atoms with van der Waals surface area (Å²) in [6.45, 7) is 4.34. The molecule has 1 aromatic carbocycles. The Balaban J connectivity index is 2.40. The van der Waals surface area contributed by atoms with Crippen LogP contribution in [-0.2, 0) is 5.75 Å². The summed E-state index contributed by atoms with van der Waals surface area (Å²) in [4.78, 5) is 3.31. The first kappa shape index (κ1) is 9.66. The van der Waals surface area contributed by atoms with Gasteiger partial charge in [-0.05, 0) is 30.4 Å². The zero-order chi connectivity index (χ0) is 9.97. The number of benzene rings is 1. The van der Waals surface area contributed by atoms with Crippen molar-refractivity contribution >= 4 is 22.7 Å². The highest BCUT2D eigenvalue weighted by atomic mass is 32.2. The second kappa shape index (κ2) is 4.09. The minimum atomic E-state index is 1.11. The van der Waals surface area contributed by atoms with Gasteiger partial charge in [-0.25, -0.2) is 0 Å². The third-order valence-electron chi connectivity index (χ3n) is 2.38. The number of rotatable bonds is 3. The van der Waals surface area contributed by atoms with Gasteiger partial charge in [0.2, 0.25) is 0 Å². The van der Waals surface area contributed by atoms with Gasteiger partial charge >= 0.3 is 0 Å². The van der Waals surface area contributed by atoms with Crippen LogP contribution >= 0.6 is 11.8 Å². The number of hydrogen-bond donors (Lipinski definition) is 1. The Labute approximate surface area is 88.9 Å². The molecule has 1 aromatic heterocycles. The molecule has 0 fully saturated rings. The Kier molecular flexibility index (Phi) is 2.82. The van der Waals surface area contributed by atoms with E-state index >= 15 is 0 Å². The van der Waals surface area contributed by atoms with E-state index in [-0.39, 0.29) is 0 Å². The Hall–Kier alpha value is -0.890. The van der Waals surface area contributed by atoms with Crippen LogP contribution < -0.4 is 0 Å². The average Bonchev–Trinajstić information content (AvgIpc) is 2.57. The molecule has 0 spiro atoms. The number of aryl methyl sites for hydroxylation is 1. The standard InChI is InChI=1S/C12H15NS/c1-3-14-8-10-7-13-12-5-4-9(2)6-11(10)12/h4-7,13H,3,8H2,1-2H3. The Bertz CT molecular complexity index is 431. The number of H-pyrrole nitrogens is 1. The van der Waals surface area contributed by atoms with Crippen LogP contribution in [0.2, 0.25) is 0 Å². The van der Waals surface area contributed by atoms with Crippen molar-refractivity contribution in [3.05, 3.63) is 35.5 Å². The fourth-order valence-electron chi connectivity index (χ4n) is 1.62. The maximum Gasteiger partial charge on any atom is 0.0457 e. The molecule has 74 valence electrons. The number of aromatic amines is 1. The molecule has 2 heteroatoms. The molecule has 0 saturated carbocycles. The van der Waals surface area contributed by atoms with Crippen LogP contribution in [0.5, 0.6) is 0 Å². The van der Waals surface area contributed by atoms with Gasteiger partial charge in [0.25, 0.3) is 0 Å². The molecule has 0 saturated heterocycles. The summed E-state index contributed by atoms with van der Waals surface area (Å²) >= 11 is 1.97. The predicted octanol–water partition coefficient (Wildman–Crippen LogP) is 3.73. The second-order valence-electron chi connectivity index (χ2n) is 3.50. The fourth-order valence-corrected chi connectivity index (χ4v) is 2.29. The third kappa shape index (κ3) is 1.80. The summed E-state index contributed by atoms with van der Waals surface area (Å²) in [6, 6.07) is 6.57. The van der Waals surface area contributed by atoms with E-state index in [1.165, 1.54) is 27.8 Å². The van der Waals surface area contributed by atoms with E-state index in [0.29, 0.717) is 0 Å². The molecule has 0 aliphatic heterocycles. The van der Waals surface area contributed by atoms with Crippen LogP contribution in [0.3, 0.4) is 0 Å². The monoisotopic (exact) mass is 205 g/mol.